The Hall–Kier alpha value is -2.62. The highest BCUT2D eigenvalue weighted by Crippen LogP contribution is 2.26. The summed E-state index contributed by atoms with van der Waals surface area (Å²) >= 11 is 0. The molecule has 0 saturated heterocycles. The summed E-state index contributed by atoms with van der Waals surface area (Å²) in [5.41, 5.74) is 4.43. The van der Waals surface area contributed by atoms with E-state index in [4.69, 9.17) is 0 Å². The molecule has 2 aromatic rings. The number of urea groups is 1. The van der Waals surface area contributed by atoms with Crippen LogP contribution in [0.25, 0.3) is 6.08 Å². The molecule has 0 fully saturated rings. The second-order valence-electron chi connectivity index (χ2n) is 6.67. The number of fused-ring (bicyclic) bond motifs is 1. The van der Waals surface area contributed by atoms with Gasteiger partial charge in [0.1, 0.15) is 5.82 Å². The molecule has 1 atom stereocenters. The summed E-state index contributed by atoms with van der Waals surface area (Å²) in [6, 6.07) is 12.7. The molecule has 0 saturated carbocycles. The summed E-state index contributed by atoms with van der Waals surface area (Å²) in [6.45, 7) is 2.06. The van der Waals surface area contributed by atoms with Crippen molar-refractivity contribution >= 4 is 12.1 Å². The highest BCUT2D eigenvalue weighted by atomic mass is 19.1. The van der Waals surface area contributed by atoms with E-state index in [2.05, 4.69) is 35.8 Å². The van der Waals surface area contributed by atoms with Gasteiger partial charge in [0.05, 0.1) is 6.04 Å². The van der Waals surface area contributed by atoms with Crippen LogP contribution in [0.5, 0.6) is 0 Å². The molecule has 3 nitrogen and oxygen atoms in total. The maximum atomic E-state index is 13.6. The van der Waals surface area contributed by atoms with Crippen LogP contribution >= 0.6 is 0 Å². The first-order valence-electron chi connectivity index (χ1n) is 9.27. The van der Waals surface area contributed by atoms with Gasteiger partial charge in [-0.05, 0) is 60.9 Å². The molecular formula is C22H25FN2O. The van der Waals surface area contributed by atoms with Crippen LogP contribution in [0.15, 0.2) is 48.7 Å². The number of nitrogens with one attached hydrogen (secondary N) is 2. The predicted molar refractivity (Wildman–Crippen MR) is 103 cm³/mol. The van der Waals surface area contributed by atoms with Gasteiger partial charge in [0.25, 0.3) is 0 Å². The van der Waals surface area contributed by atoms with E-state index in [1.807, 2.05) is 0 Å². The van der Waals surface area contributed by atoms with Crippen LogP contribution in [0, 0.1) is 5.82 Å². The SMILES string of the molecule is CCC(NC(=O)N/C=C/c1ccccc1F)c1ccc2c(c1)CCCC2. The van der Waals surface area contributed by atoms with Crippen molar-refractivity contribution in [3.05, 3.63) is 76.7 Å². The van der Waals surface area contributed by atoms with E-state index >= 15 is 0 Å². The highest BCUT2D eigenvalue weighted by molar-refractivity contribution is 5.76. The Bertz CT molecular complexity index is 800. The minimum absolute atomic E-state index is 0.0379. The molecule has 2 aromatic carbocycles. The number of hydrogen-bond acceptors (Lipinski definition) is 1. The molecule has 0 aromatic heterocycles. The zero-order valence-corrected chi connectivity index (χ0v) is 15.1. The summed E-state index contributed by atoms with van der Waals surface area (Å²) in [7, 11) is 0. The molecule has 2 amide bonds. The first-order valence-corrected chi connectivity index (χ1v) is 9.27. The van der Waals surface area contributed by atoms with Crippen LogP contribution in [-0.4, -0.2) is 6.03 Å². The fourth-order valence-electron chi connectivity index (χ4n) is 3.41. The van der Waals surface area contributed by atoms with Gasteiger partial charge in [-0.1, -0.05) is 43.3 Å². The van der Waals surface area contributed by atoms with Gasteiger partial charge in [0, 0.05) is 11.8 Å². The van der Waals surface area contributed by atoms with Crippen LogP contribution in [0.4, 0.5) is 9.18 Å². The molecule has 26 heavy (non-hydrogen) atoms. The molecule has 1 aliphatic rings. The molecule has 1 aliphatic carbocycles. The van der Waals surface area contributed by atoms with E-state index in [0.717, 1.165) is 24.8 Å². The Morgan fingerprint density at radius 2 is 1.92 bits per heavy atom. The first kappa shape index (κ1) is 18.2. The standard InChI is InChI=1S/C22H25FN2O/c1-2-21(19-12-11-16-7-3-4-9-18(16)15-19)25-22(26)24-14-13-17-8-5-6-10-20(17)23/h5-6,8,10-15,21H,2-4,7,9H2,1H3,(H2,24,25,26)/b14-13+. The van der Waals surface area contributed by atoms with Gasteiger partial charge < -0.3 is 10.6 Å². The van der Waals surface area contributed by atoms with E-state index in [-0.39, 0.29) is 17.9 Å². The molecule has 0 spiro atoms. The summed E-state index contributed by atoms with van der Waals surface area (Å²) < 4.78 is 13.6. The lowest BCUT2D eigenvalue weighted by Crippen LogP contribution is -2.35. The number of benzene rings is 2. The maximum Gasteiger partial charge on any atom is 0.319 e. The molecule has 0 heterocycles. The molecule has 0 bridgehead atoms. The lowest BCUT2D eigenvalue weighted by atomic mass is 9.89. The van der Waals surface area contributed by atoms with E-state index in [0.29, 0.717) is 5.56 Å². The Morgan fingerprint density at radius 1 is 1.15 bits per heavy atom. The van der Waals surface area contributed by atoms with Crippen LogP contribution < -0.4 is 10.6 Å². The van der Waals surface area contributed by atoms with E-state index in [1.54, 1.807) is 24.3 Å². The topological polar surface area (TPSA) is 41.1 Å². The quantitative estimate of drug-likeness (QED) is 0.770. The van der Waals surface area contributed by atoms with Crippen molar-refractivity contribution in [1.29, 1.82) is 0 Å². The minimum atomic E-state index is -0.313. The Labute approximate surface area is 154 Å². The fraction of sp³-hybridized carbons (Fsp3) is 0.318. The summed E-state index contributed by atoms with van der Waals surface area (Å²) in [6.07, 6.45) is 8.60. The summed E-state index contributed by atoms with van der Waals surface area (Å²) in [5, 5.41) is 5.65. The first-order chi connectivity index (χ1) is 12.7. The monoisotopic (exact) mass is 352 g/mol. The third-order valence-electron chi connectivity index (χ3n) is 4.87. The molecule has 3 rings (SSSR count). The lowest BCUT2D eigenvalue weighted by molar-refractivity contribution is 0.240. The van der Waals surface area contributed by atoms with E-state index < -0.39 is 0 Å². The smallest absolute Gasteiger partial charge is 0.319 e. The number of amides is 2. The van der Waals surface area contributed by atoms with Crippen molar-refractivity contribution in [2.45, 2.75) is 45.1 Å². The Morgan fingerprint density at radius 3 is 2.69 bits per heavy atom. The third kappa shape index (κ3) is 4.51. The summed E-state index contributed by atoms with van der Waals surface area (Å²) in [5.74, 6) is -0.313. The number of aryl methyl sites for hydroxylation is 2. The average molecular weight is 352 g/mol. The van der Waals surface area contributed by atoms with Crippen molar-refractivity contribution in [3.8, 4) is 0 Å². The molecule has 136 valence electrons. The predicted octanol–water partition coefficient (Wildman–Crippen LogP) is 5.13. The van der Waals surface area contributed by atoms with Crippen molar-refractivity contribution in [2.24, 2.45) is 0 Å². The Kier molecular flexibility index (Phi) is 6.05. The lowest BCUT2D eigenvalue weighted by Gasteiger charge is -2.21. The van der Waals surface area contributed by atoms with Crippen molar-refractivity contribution in [3.63, 3.8) is 0 Å². The van der Waals surface area contributed by atoms with Gasteiger partial charge in [-0.2, -0.15) is 0 Å². The molecule has 2 N–H and O–H groups in total. The van der Waals surface area contributed by atoms with Gasteiger partial charge in [-0.15, -0.1) is 0 Å². The molecule has 0 radical (unpaired) electrons. The van der Waals surface area contributed by atoms with Gasteiger partial charge in [-0.25, -0.2) is 9.18 Å². The zero-order chi connectivity index (χ0) is 18.4. The van der Waals surface area contributed by atoms with Crippen LogP contribution in [0.3, 0.4) is 0 Å². The largest absolute Gasteiger partial charge is 0.331 e. The minimum Gasteiger partial charge on any atom is -0.331 e. The zero-order valence-electron chi connectivity index (χ0n) is 15.1. The second kappa shape index (κ2) is 8.65. The number of hydrogen-bond donors (Lipinski definition) is 2. The number of halogens is 1. The number of carbonyl (C=O) groups is 1. The normalized spacial score (nSPS) is 14.7. The van der Waals surface area contributed by atoms with E-state index in [9.17, 15) is 9.18 Å². The number of rotatable bonds is 5. The van der Waals surface area contributed by atoms with Gasteiger partial charge in [0.2, 0.25) is 0 Å². The van der Waals surface area contributed by atoms with Crippen LogP contribution in [-0.2, 0) is 12.8 Å². The Balaban J connectivity index is 1.61. The average Bonchev–Trinajstić information content (AvgIpc) is 2.67. The molecule has 1 unspecified atom stereocenters. The van der Waals surface area contributed by atoms with Crippen molar-refractivity contribution in [2.75, 3.05) is 0 Å². The van der Waals surface area contributed by atoms with Crippen LogP contribution in [0.2, 0.25) is 0 Å². The van der Waals surface area contributed by atoms with E-state index in [1.165, 1.54) is 36.2 Å². The maximum absolute atomic E-state index is 13.6. The molecule has 0 aliphatic heterocycles. The van der Waals surface area contributed by atoms with Crippen LogP contribution in [0.1, 0.15) is 54.5 Å². The fourth-order valence-corrected chi connectivity index (χ4v) is 3.41. The summed E-state index contributed by atoms with van der Waals surface area (Å²) in [4.78, 5) is 12.2. The van der Waals surface area contributed by atoms with Gasteiger partial charge in [0.15, 0.2) is 0 Å². The number of carbonyl (C=O) groups excluding carboxylic acids is 1. The molecular weight excluding hydrogens is 327 g/mol. The van der Waals surface area contributed by atoms with Gasteiger partial charge in [-0.3, -0.25) is 0 Å². The highest BCUT2D eigenvalue weighted by Gasteiger charge is 2.15. The van der Waals surface area contributed by atoms with Gasteiger partial charge >= 0.3 is 6.03 Å². The molecule has 4 heteroatoms. The third-order valence-corrected chi connectivity index (χ3v) is 4.87. The van der Waals surface area contributed by atoms with Crippen molar-refractivity contribution < 1.29 is 9.18 Å². The van der Waals surface area contributed by atoms with Crippen molar-refractivity contribution in [1.82, 2.24) is 10.6 Å². The second-order valence-corrected chi connectivity index (χ2v) is 6.67.